The quantitative estimate of drug-likeness (QED) is 0.816. The minimum absolute atomic E-state index is 0.386. The molecular weight excluding hydrogens is 246 g/mol. The third kappa shape index (κ3) is 3.76. The summed E-state index contributed by atoms with van der Waals surface area (Å²) >= 11 is 0. The highest BCUT2D eigenvalue weighted by molar-refractivity contribution is 5.37. The molecule has 1 aromatic carbocycles. The third-order valence-electron chi connectivity index (χ3n) is 4.39. The van der Waals surface area contributed by atoms with E-state index in [1.807, 2.05) is 0 Å². The van der Waals surface area contributed by atoms with Gasteiger partial charge >= 0.3 is 0 Å². The van der Waals surface area contributed by atoms with E-state index in [0.717, 1.165) is 30.0 Å². The molecule has 0 bridgehead atoms. The van der Waals surface area contributed by atoms with Crippen LogP contribution in [0.2, 0.25) is 0 Å². The van der Waals surface area contributed by atoms with Gasteiger partial charge in [0.15, 0.2) is 0 Å². The van der Waals surface area contributed by atoms with Crippen molar-refractivity contribution >= 4 is 0 Å². The number of hydrogen-bond acceptors (Lipinski definition) is 2. The molecule has 1 fully saturated rings. The molecule has 2 heteroatoms. The molecule has 1 heterocycles. The first-order valence-electron chi connectivity index (χ1n) is 8.18. The van der Waals surface area contributed by atoms with Crippen LogP contribution < -0.4 is 10.1 Å². The van der Waals surface area contributed by atoms with Gasteiger partial charge in [0.2, 0.25) is 0 Å². The highest BCUT2D eigenvalue weighted by Crippen LogP contribution is 2.32. The van der Waals surface area contributed by atoms with Crippen LogP contribution in [-0.4, -0.2) is 18.7 Å². The van der Waals surface area contributed by atoms with Crippen molar-refractivity contribution < 1.29 is 4.74 Å². The molecule has 1 aromatic rings. The van der Waals surface area contributed by atoms with Crippen LogP contribution in [0, 0.1) is 11.8 Å². The van der Waals surface area contributed by atoms with Crippen LogP contribution in [0.4, 0.5) is 0 Å². The van der Waals surface area contributed by atoms with Crippen molar-refractivity contribution in [3.8, 4) is 5.75 Å². The van der Waals surface area contributed by atoms with Gasteiger partial charge in [-0.25, -0.2) is 0 Å². The van der Waals surface area contributed by atoms with Gasteiger partial charge in [0.05, 0.1) is 0 Å². The Kier molecular flexibility index (Phi) is 4.30. The summed E-state index contributed by atoms with van der Waals surface area (Å²) in [4.78, 5) is 0. The van der Waals surface area contributed by atoms with Crippen LogP contribution in [0.5, 0.6) is 5.75 Å². The van der Waals surface area contributed by atoms with E-state index < -0.39 is 0 Å². The molecule has 2 unspecified atom stereocenters. The van der Waals surface area contributed by atoms with Gasteiger partial charge in [-0.05, 0) is 55.7 Å². The van der Waals surface area contributed by atoms with Crippen molar-refractivity contribution in [3.05, 3.63) is 29.8 Å². The molecule has 20 heavy (non-hydrogen) atoms. The molecule has 3 rings (SSSR count). The highest BCUT2D eigenvalue weighted by Gasteiger charge is 2.27. The molecule has 0 saturated heterocycles. The molecule has 1 aliphatic heterocycles. The van der Waals surface area contributed by atoms with E-state index in [4.69, 9.17) is 4.74 Å². The van der Waals surface area contributed by atoms with Crippen molar-refractivity contribution in [1.29, 1.82) is 0 Å². The molecule has 110 valence electrons. The summed E-state index contributed by atoms with van der Waals surface area (Å²) in [6.07, 6.45) is 6.72. The fourth-order valence-electron chi connectivity index (χ4n) is 3.31. The van der Waals surface area contributed by atoms with Gasteiger partial charge in [-0.3, -0.25) is 0 Å². The Hall–Kier alpha value is -1.02. The van der Waals surface area contributed by atoms with Crippen LogP contribution in [0.25, 0.3) is 0 Å². The molecule has 2 nitrogen and oxygen atoms in total. The highest BCUT2D eigenvalue weighted by atomic mass is 16.5. The van der Waals surface area contributed by atoms with E-state index in [1.54, 1.807) is 0 Å². The van der Waals surface area contributed by atoms with Gasteiger partial charge in [-0.2, -0.15) is 0 Å². The number of fused-ring (bicyclic) bond motifs is 1. The fraction of sp³-hybridized carbons (Fsp3) is 0.667. The topological polar surface area (TPSA) is 21.3 Å². The Labute approximate surface area is 122 Å². The smallest absolute Gasteiger partial charge is 0.123 e. The molecule has 0 spiro atoms. The van der Waals surface area contributed by atoms with Crippen LogP contribution in [0.1, 0.15) is 45.1 Å². The summed E-state index contributed by atoms with van der Waals surface area (Å²) in [6, 6.07) is 9.31. The summed E-state index contributed by atoms with van der Waals surface area (Å²) in [7, 11) is 0. The number of hydrogen-bond donors (Lipinski definition) is 1. The van der Waals surface area contributed by atoms with Gasteiger partial charge in [0, 0.05) is 12.5 Å². The Morgan fingerprint density at radius 3 is 2.75 bits per heavy atom. The van der Waals surface area contributed by atoms with Gasteiger partial charge in [-0.15, -0.1) is 0 Å². The lowest BCUT2D eigenvalue weighted by Gasteiger charge is -2.22. The molecule has 2 atom stereocenters. The Morgan fingerprint density at radius 2 is 2.05 bits per heavy atom. The molecule has 1 saturated carbocycles. The van der Waals surface area contributed by atoms with Crippen LogP contribution in [0.15, 0.2) is 24.3 Å². The maximum atomic E-state index is 6.11. The Balaban J connectivity index is 1.53. The number of para-hydroxylation sites is 1. The van der Waals surface area contributed by atoms with Crippen molar-refractivity contribution in [2.24, 2.45) is 11.8 Å². The van der Waals surface area contributed by atoms with E-state index in [2.05, 4.69) is 43.4 Å². The van der Waals surface area contributed by atoms with E-state index in [9.17, 15) is 0 Å². The summed E-state index contributed by atoms with van der Waals surface area (Å²) in [6.45, 7) is 5.82. The van der Waals surface area contributed by atoms with Crippen molar-refractivity contribution in [3.63, 3.8) is 0 Å². The average molecular weight is 273 g/mol. The minimum atomic E-state index is 0.386. The monoisotopic (exact) mass is 273 g/mol. The zero-order chi connectivity index (χ0) is 13.9. The SMILES string of the molecule is CC(C)CC(CNC1CC1)CC1Cc2ccccc2O1. The lowest BCUT2D eigenvalue weighted by atomic mass is 9.90. The molecule has 1 aliphatic carbocycles. The summed E-state index contributed by atoms with van der Waals surface area (Å²) < 4.78 is 6.11. The predicted molar refractivity (Wildman–Crippen MR) is 83.1 cm³/mol. The van der Waals surface area contributed by atoms with Crippen molar-refractivity contribution in [2.45, 2.75) is 58.1 Å². The van der Waals surface area contributed by atoms with E-state index in [0.29, 0.717) is 6.10 Å². The number of benzene rings is 1. The fourth-order valence-corrected chi connectivity index (χ4v) is 3.31. The largest absolute Gasteiger partial charge is 0.490 e. The maximum Gasteiger partial charge on any atom is 0.123 e. The molecule has 1 N–H and O–H groups in total. The second-order valence-corrected chi connectivity index (χ2v) is 6.97. The maximum absolute atomic E-state index is 6.11. The van der Waals surface area contributed by atoms with Gasteiger partial charge < -0.3 is 10.1 Å². The number of rotatable bonds is 7. The predicted octanol–water partition coefficient (Wildman–Crippen LogP) is 3.79. The third-order valence-corrected chi connectivity index (χ3v) is 4.39. The van der Waals surface area contributed by atoms with Crippen LogP contribution in [-0.2, 0) is 6.42 Å². The second-order valence-electron chi connectivity index (χ2n) is 6.97. The second kappa shape index (κ2) is 6.17. The molecule has 0 radical (unpaired) electrons. The lowest BCUT2D eigenvalue weighted by Crippen LogP contribution is -2.29. The number of ether oxygens (including phenoxy) is 1. The van der Waals surface area contributed by atoms with Crippen molar-refractivity contribution in [2.75, 3.05) is 6.54 Å². The van der Waals surface area contributed by atoms with E-state index in [-0.39, 0.29) is 0 Å². The molecular formula is C18H27NO. The standard InChI is InChI=1S/C18H27NO/c1-13(2)9-14(12-19-16-7-8-16)10-17-11-15-5-3-4-6-18(15)20-17/h3-6,13-14,16-17,19H,7-12H2,1-2H3. The zero-order valence-corrected chi connectivity index (χ0v) is 12.8. The lowest BCUT2D eigenvalue weighted by molar-refractivity contribution is 0.182. The molecule has 0 amide bonds. The summed E-state index contributed by atoms with van der Waals surface area (Å²) in [5.74, 6) is 2.62. The van der Waals surface area contributed by atoms with Gasteiger partial charge in [0.25, 0.3) is 0 Å². The summed E-state index contributed by atoms with van der Waals surface area (Å²) in [5.41, 5.74) is 1.39. The van der Waals surface area contributed by atoms with E-state index >= 15 is 0 Å². The summed E-state index contributed by atoms with van der Waals surface area (Å²) in [5, 5.41) is 3.70. The van der Waals surface area contributed by atoms with Crippen LogP contribution in [0.3, 0.4) is 0 Å². The minimum Gasteiger partial charge on any atom is -0.490 e. The van der Waals surface area contributed by atoms with Crippen molar-refractivity contribution in [1.82, 2.24) is 5.32 Å². The first kappa shape index (κ1) is 13.9. The Morgan fingerprint density at radius 1 is 1.25 bits per heavy atom. The average Bonchev–Trinajstić information content (AvgIpc) is 3.14. The van der Waals surface area contributed by atoms with Gasteiger partial charge in [-0.1, -0.05) is 32.0 Å². The first-order chi connectivity index (χ1) is 9.70. The zero-order valence-electron chi connectivity index (χ0n) is 12.8. The molecule has 0 aromatic heterocycles. The Bertz CT molecular complexity index is 414. The van der Waals surface area contributed by atoms with Crippen LogP contribution >= 0.6 is 0 Å². The van der Waals surface area contributed by atoms with Gasteiger partial charge in [0.1, 0.15) is 11.9 Å². The van der Waals surface area contributed by atoms with E-state index in [1.165, 1.54) is 37.8 Å². The number of nitrogens with one attached hydrogen (secondary N) is 1. The normalized spacial score (nSPS) is 22.6. The molecule has 2 aliphatic rings. The first-order valence-corrected chi connectivity index (χ1v) is 8.18.